The Morgan fingerprint density at radius 1 is 1.12 bits per heavy atom. The van der Waals surface area contributed by atoms with E-state index in [0.29, 0.717) is 32.9 Å². The van der Waals surface area contributed by atoms with Crippen LogP contribution in [0.15, 0.2) is 47.6 Å². The van der Waals surface area contributed by atoms with E-state index >= 15 is 0 Å². The van der Waals surface area contributed by atoms with Crippen molar-refractivity contribution in [2.75, 3.05) is 10.3 Å². The van der Waals surface area contributed by atoms with E-state index in [9.17, 15) is 4.79 Å². The lowest BCUT2D eigenvalue weighted by Gasteiger charge is -2.31. The summed E-state index contributed by atoms with van der Waals surface area (Å²) < 4.78 is 6.24. The molecule has 1 amide bonds. The molecule has 0 radical (unpaired) electrons. The van der Waals surface area contributed by atoms with Gasteiger partial charge in [-0.15, -0.1) is 5.10 Å². The van der Waals surface area contributed by atoms with Gasteiger partial charge >= 0.3 is 5.72 Å². The van der Waals surface area contributed by atoms with Crippen molar-refractivity contribution < 1.29 is 9.53 Å². The van der Waals surface area contributed by atoms with E-state index in [1.165, 1.54) is 0 Å². The van der Waals surface area contributed by atoms with Gasteiger partial charge in [0.1, 0.15) is 0 Å². The zero-order valence-corrected chi connectivity index (χ0v) is 16.0. The van der Waals surface area contributed by atoms with Gasteiger partial charge < -0.3 is 10.1 Å². The molecular formula is C19H17Cl2N3O2. The molecule has 0 fully saturated rings. The van der Waals surface area contributed by atoms with Crippen LogP contribution < -0.4 is 10.3 Å². The van der Waals surface area contributed by atoms with E-state index in [1.54, 1.807) is 35.3 Å². The van der Waals surface area contributed by atoms with E-state index in [4.69, 9.17) is 27.9 Å². The van der Waals surface area contributed by atoms with Gasteiger partial charge in [0, 0.05) is 15.5 Å². The molecule has 2 aliphatic rings. The first-order valence-corrected chi connectivity index (χ1v) is 8.93. The van der Waals surface area contributed by atoms with Gasteiger partial charge in [-0.3, -0.25) is 4.79 Å². The van der Waals surface area contributed by atoms with Gasteiger partial charge in [-0.25, -0.2) is 5.01 Å². The molecular weight excluding hydrogens is 373 g/mol. The van der Waals surface area contributed by atoms with Crippen LogP contribution in [0.2, 0.25) is 10.0 Å². The van der Waals surface area contributed by atoms with Crippen LogP contribution in [0.1, 0.15) is 26.3 Å². The molecule has 1 N–H and O–H groups in total. The van der Waals surface area contributed by atoms with Gasteiger partial charge in [0.25, 0.3) is 5.91 Å². The normalized spacial score (nSPS) is 21.5. The molecule has 0 saturated carbocycles. The average molecular weight is 390 g/mol. The van der Waals surface area contributed by atoms with Crippen LogP contribution >= 0.6 is 23.2 Å². The summed E-state index contributed by atoms with van der Waals surface area (Å²) >= 11 is 12.4. The Morgan fingerprint density at radius 3 is 2.54 bits per heavy atom. The van der Waals surface area contributed by atoms with Crippen molar-refractivity contribution >= 4 is 46.4 Å². The molecule has 7 heteroatoms. The second-order valence-electron chi connectivity index (χ2n) is 7.34. The predicted octanol–water partition coefficient (Wildman–Crippen LogP) is 4.99. The molecule has 0 aliphatic carbocycles. The fraction of sp³-hybridized carbons (Fsp3) is 0.263. The Kier molecular flexibility index (Phi) is 3.72. The Hall–Kier alpha value is -2.24. The fourth-order valence-electron chi connectivity index (χ4n) is 3.06. The van der Waals surface area contributed by atoms with Gasteiger partial charge in [-0.05, 0) is 36.4 Å². The number of rotatable bonds is 1. The highest BCUT2D eigenvalue weighted by Gasteiger charge is 2.60. The van der Waals surface area contributed by atoms with Gasteiger partial charge in [0.15, 0.2) is 0 Å². The van der Waals surface area contributed by atoms with Gasteiger partial charge in [0.2, 0.25) is 5.90 Å². The Morgan fingerprint density at radius 2 is 1.85 bits per heavy atom. The van der Waals surface area contributed by atoms with Crippen molar-refractivity contribution in [3.8, 4) is 0 Å². The molecule has 2 heterocycles. The maximum absolute atomic E-state index is 13.1. The van der Waals surface area contributed by atoms with Crippen molar-refractivity contribution in [2.45, 2.75) is 26.5 Å². The lowest BCUT2D eigenvalue weighted by atomic mass is 9.96. The summed E-state index contributed by atoms with van der Waals surface area (Å²) in [6.45, 7) is 5.94. The molecule has 0 saturated heterocycles. The minimum absolute atomic E-state index is 0.322. The largest absolute Gasteiger partial charge is 0.437 e. The average Bonchev–Trinajstić information content (AvgIpc) is 3.09. The number of amides is 1. The zero-order valence-electron chi connectivity index (χ0n) is 14.5. The molecule has 0 bridgehead atoms. The molecule has 1 spiro atoms. The number of hydrazone groups is 1. The van der Waals surface area contributed by atoms with Crippen molar-refractivity contribution in [1.82, 2.24) is 0 Å². The number of carbonyl (C=O) groups is 1. The first kappa shape index (κ1) is 17.2. The van der Waals surface area contributed by atoms with Crippen molar-refractivity contribution in [3.63, 3.8) is 0 Å². The number of hydrogen-bond acceptors (Lipinski definition) is 4. The summed E-state index contributed by atoms with van der Waals surface area (Å²) in [7, 11) is 0. The van der Waals surface area contributed by atoms with E-state index in [-0.39, 0.29) is 11.3 Å². The number of carbonyl (C=O) groups excluding carboxylic acids is 1. The van der Waals surface area contributed by atoms with Gasteiger partial charge in [0.05, 0.1) is 16.9 Å². The number of nitrogens with one attached hydrogen (secondary N) is 1. The molecule has 1 atom stereocenters. The summed E-state index contributed by atoms with van der Waals surface area (Å²) in [5, 5.41) is 10.2. The third kappa shape index (κ3) is 2.46. The Balaban J connectivity index is 1.95. The van der Waals surface area contributed by atoms with Crippen LogP contribution in [-0.4, -0.2) is 11.8 Å². The van der Waals surface area contributed by atoms with Gasteiger partial charge in [-0.1, -0.05) is 50.0 Å². The summed E-state index contributed by atoms with van der Waals surface area (Å²) in [5.41, 5.74) is 0.0876. The minimum Gasteiger partial charge on any atom is -0.437 e. The predicted molar refractivity (Wildman–Crippen MR) is 104 cm³/mol. The van der Waals surface area contributed by atoms with Crippen LogP contribution in [0.25, 0.3) is 0 Å². The first-order valence-electron chi connectivity index (χ1n) is 8.17. The second kappa shape index (κ2) is 5.63. The summed E-state index contributed by atoms with van der Waals surface area (Å²) in [6, 6.07) is 12.4. The molecule has 1 unspecified atom stereocenters. The summed E-state index contributed by atoms with van der Waals surface area (Å²) in [6.07, 6.45) is 0. The molecule has 2 aromatic rings. The summed E-state index contributed by atoms with van der Waals surface area (Å²) in [4.78, 5) is 13.1. The lowest BCUT2D eigenvalue weighted by molar-refractivity contribution is -0.130. The maximum atomic E-state index is 13.1. The monoisotopic (exact) mass is 389 g/mol. The number of fused-ring (bicyclic) bond motifs is 2. The van der Waals surface area contributed by atoms with Crippen LogP contribution in [0.5, 0.6) is 0 Å². The number of halogens is 2. The molecule has 134 valence electrons. The zero-order chi connectivity index (χ0) is 18.7. The van der Waals surface area contributed by atoms with E-state index in [2.05, 4.69) is 10.4 Å². The number of benzene rings is 2. The Bertz CT molecular complexity index is 952. The number of anilines is 2. The van der Waals surface area contributed by atoms with Crippen molar-refractivity contribution in [2.24, 2.45) is 10.5 Å². The topological polar surface area (TPSA) is 53.9 Å². The van der Waals surface area contributed by atoms with E-state index in [0.717, 1.165) is 0 Å². The SMILES string of the molecule is CC(C)(C)C1=NN(c2cccc(Cl)c2)C2(O1)C(=O)Nc1ccc(Cl)cc12. The van der Waals surface area contributed by atoms with Gasteiger partial charge in [-0.2, -0.15) is 0 Å². The Labute approximate surface area is 161 Å². The second-order valence-corrected chi connectivity index (χ2v) is 8.21. The number of nitrogens with zero attached hydrogens (tertiary/aromatic N) is 2. The molecule has 5 nitrogen and oxygen atoms in total. The highest BCUT2D eigenvalue weighted by molar-refractivity contribution is 6.31. The van der Waals surface area contributed by atoms with E-state index in [1.807, 2.05) is 32.9 Å². The molecule has 2 aromatic carbocycles. The smallest absolute Gasteiger partial charge is 0.311 e. The number of ether oxygens (including phenoxy) is 1. The molecule has 0 aromatic heterocycles. The summed E-state index contributed by atoms with van der Waals surface area (Å²) in [5.74, 6) is 0.137. The van der Waals surface area contributed by atoms with Crippen LogP contribution in [0.3, 0.4) is 0 Å². The van der Waals surface area contributed by atoms with Crippen LogP contribution in [0.4, 0.5) is 11.4 Å². The third-order valence-corrected chi connectivity index (χ3v) is 4.80. The maximum Gasteiger partial charge on any atom is 0.311 e. The number of hydrogen-bond donors (Lipinski definition) is 1. The molecule has 2 aliphatic heterocycles. The minimum atomic E-state index is -1.45. The first-order chi connectivity index (χ1) is 12.2. The van der Waals surface area contributed by atoms with E-state index < -0.39 is 5.72 Å². The standard InChI is InChI=1S/C19H17Cl2N3O2/c1-18(2,3)17-23-24(13-6-4-5-11(20)9-13)19(26-17)14-10-12(21)7-8-15(14)22-16(19)25/h4-10H,1-3H3,(H,22,25). The van der Waals surface area contributed by atoms with Crippen LogP contribution in [0, 0.1) is 5.41 Å². The highest BCUT2D eigenvalue weighted by atomic mass is 35.5. The van der Waals surface area contributed by atoms with Crippen molar-refractivity contribution in [1.29, 1.82) is 0 Å². The quantitative estimate of drug-likeness (QED) is 0.746. The fourth-order valence-corrected chi connectivity index (χ4v) is 3.42. The van der Waals surface area contributed by atoms with Crippen molar-refractivity contribution in [3.05, 3.63) is 58.1 Å². The third-order valence-electron chi connectivity index (χ3n) is 4.33. The van der Waals surface area contributed by atoms with Crippen LogP contribution in [-0.2, 0) is 15.3 Å². The molecule has 4 rings (SSSR count). The lowest BCUT2D eigenvalue weighted by Crippen LogP contribution is -2.48. The molecule has 26 heavy (non-hydrogen) atoms. The highest BCUT2D eigenvalue weighted by Crippen LogP contribution is 2.49.